The molecule has 1 heterocycles. The molecule has 1 amide bonds. The van der Waals surface area contributed by atoms with Gasteiger partial charge in [0.1, 0.15) is 0 Å². The van der Waals surface area contributed by atoms with Gasteiger partial charge in [0.25, 0.3) is 0 Å². The van der Waals surface area contributed by atoms with Crippen LogP contribution in [-0.2, 0) is 15.0 Å². The number of methoxy groups -OCH3 is 2. The van der Waals surface area contributed by atoms with E-state index < -0.39 is 17.3 Å². The highest BCUT2D eigenvalue weighted by atomic mass is 16.5. The minimum Gasteiger partial charge on any atom is -0.493 e. The first kappa shape index (κ1) is 19.1. The van der Waals surface area contributed by atoms with Gasteiger partial charge in [-0.2, -0.15) is 0 Å². The molecule has 1 atom stereocenters. The number of likely N-dealkylation sites (tertiary alicyclic amines) is 1. The van der Waals surface area contributed by atoms with Crippen molar-refractivity contribution in [2.24, 2.45) is 5.92 Å². The topological polar surface area (TPSA) is 76.1 Å². The second-order valence-corrected chi connectivity index (χ2v) is 6.43. The standard InChI is InChI=1S/C19H27NO5/c1-5-19(6-2,14-7-8-15(24-3)16(11-14)25-4)18(23)20-10-9-13(12-20)17(21)22/h7-8,11,13H,5-6,9-10,12H2,1-4H3,(H,21,22). The van der Waals surface area contributed by atoms with E-state index >= 15 is 0 Å². The minimum atomic E-state index is -0.833. The van der Waals surface area contributed by atoms with Crippen LogP contribution in [-0.4, -0.2) is 49.2 Å². The first-order valence-electron chi connectivity index (χ1n) is 8.68. The van der Waals surface area contributed by atoms with Gasteiger partial charge in [-0.3, -0.25) is 9.59 Å². The monoisotopic (exact) mass is 349 g/mol. The summed E-state index contributed by atoms with van der Waals surface area (Å²) in [5, 5.41) is 9.20. The molecule has 138 valence electrons. The smallest absolute Gasteiger partial charge is 0.308 e. The predicted molar refractivity (Wildman–Crippen MR) is 94.1 cm³/mol. The highest BCUT2D eigenvalue weighted by Gasteiger charge is 2.43. The Morgan fingerprint density at radius 3 is 2.32 bits per heavy atom. The lowest BCUT2D eigenvalue weighted by molar-refractivity contribution is -0.142. The summed E-state index contributed by atoms with van der Waals surface area (Å²) >= 11 is 0. The second kappa shape index (κ2) is 7.76. The average Bonchev–Trinajstić information content (AvgIpc) is 3.13. The molecule has 0 radical (unpaired) electrons. The molecule has 0 aliphatic carbocycles. The van der Waals surface area contributed by atoms with E-state index in [0.717, 1.165) is 5.56 Å². The Labute approximate surface area is 148 Å². The van der Waals surface area contributed by atoms with Crippen molar-refractivity contribution in [3.05, 3.63) is 23.8 Å². The molecule has 0 aromatic heterocycles. The van der Waals surface area contributed by atoms with Gasteiger partial charge in [-0.25, -0.2) is 0 Å². The van der Waals surface area contributed by atoms with E-state index in [-0.39, 0.29) is 12.5 Å². The van der Waals surface area contributed by atoms with Crippen LogP contribution in [0.1, 0.15) is 38.7 Å². The van der Waals surface area contributed by atoms with E-state index in [1.807, 2.05) is 32.0 Å². The molecule has 6 heteroatoms. The number of amides is 1. The van der Waals surface area contributed by atoms with Crippen LogP contribution in [0.3, 0.4) is 0 Å². The lowest BCUT2D eigenvalue weighted by Crippen LogP contribution is -2.45. The summed E-state index contributed by atoms with van der Waals surface area (Å²) in [6, 6.07) is 5.57. The summed E-state index contributed by atoms with van der Waals surface area (Å²) in [5.74, 6) is -0.106. The van der Waals surface area contributed by atoms with Crippen molar-refractivity contribution in [2.45, 2.75) is 38.5 Å². The Morgan fingerprint density at radius 2 is 1.84 bits per heavy atom. The summed E-state index contributed by atoms with van der Waals surface area (Å²) in [6.45, 7) is 4.75. The van der Waals surface area contributed by atoms with Crippen molar-refractivity contribution in [3.63, 3.8) is 0 Å². The van der Waals surface area contributed by atoms with Crippen molar-refractivity contribution in [3.8, 4) is 11.5 Å². The Morgan fingerprint density at radius 1 is 1.20 bits per heavy atom. The Kier molecular flexibility index (Phi) is 5.93. The Bertz CT molecular complexity index is 639. The molecule has 0 bridgehead atoms. The van der Waals surface area contributed by atoms with E-state index in [2.05, 4.69) is 0 Å². The number of rotatable bonds is 7. The summed E-state index contributed by atoms with van der Waals surface area (Å²) in [7, 11) is 3.15. The first-order chi connectivity index (χ1) is 11.9. The first-order valence-corrected chi connectivity index (χ1v) is 8.68. The molecule has 1 aliphatic heterocycles. The maximum absolute atomic E-state index is 13.3. The van der Waals surface area contributed by atoms with E-state index in [4.69, 9.17) is 9.47 Å². The van der Waals surface area contributed by atoms with Gasteiger partial charge in [0.05, 0.1) is 25.6 Å². The SMILES string of the molecule is CCC(CC)(C(=O)N1CCC(C(=O)O)C1)c1ccc(OC)c(OC)c1. The molecule has 1 saturated heterocycles. The molecule has 1 aliphatic rings. The molecule has 0 saturated carbocycles. The van der Waals surface area contributed by atoms with Gasteiger partial charge in [0, 0.05) is 13.1 Å². The number of carboxylic acids is 1. The van der Waals surface area contributed by atoms with Crippen molar-refractivity contribution < 1.29 is 24.2 Å². The fourth-order valence-electron chi connectivity index (χ4n) is 3.67. The Balaban J connectivity index is 2.38. The fraction of sp³-hybridized carbons (Fsp3) is 0.579. The zero-order chi connectivity index (χ0) is 18.6. The third-order valence-corrected chi connectivity index (χ3v) is 5.38. The van der Waals surface area contributed by atoms with Crippen LogP contribution in [0.2, 0.25) is 0 Å². The summed E-state index contributed by atoms with van der Waals surface area (Å²) in [4.78, 5) is 26.2. The number of nitrogens with zero attached hydrogens (tertiary/aromatic N) is 1. The van der Waals surface area contributed by atoms with Crippen LogP contribution in [0.15, 0.2) is 18.2 Å². The molecule has 25 heavy (non-hydrogen) atoms. The number of carbonyl (C=O) groups is 2. The van der Waals surface area contributed by atoms with Crippen molar-refractivity contribution in [2.75, 3.05) is 27.3 Å². The number of carboxylic acid groups (broad SMARTS) is 1. The van der Waals surface area contributed by atoms with E-state index in [9.17, 15) is 14.7 Å². The van der Waals surface area contributed by atoms with Gasteiger partial charge >= 0.3 is 5.97 Å². The highest BCUT2D eigenvalue weighted by Crippen LogP contribution is 2.39. The number of ether oxygens (including phenoxy) is 2. The van der Waals surface area contributed by atoms with Gasteiger partial charge in [-0.15, -0.1) is 0 Å². The molecule has 6 nitrogen and oxygen atoms in total. The van der Waals surface area contributed by atoms with Crippen molar-refractivity contribution >= 4 is 11.9 Å². The van der Waals surface area contributed by atoms with Crippen molar-refractivity contribution in [1.29, 1.82) is 0 Å². The van der Waals surface area contributed by atoms with Gasteiger partial charge in [0.2, 0.25) is 5.91 Å². The molecule has 2 rings (SSSR count). The summed E-state index contributed by atoms with van der Waals surface area (Å²) < 4.78 is 10.7. The molecular weight excluding hydrogens is 322 g/mol. The molecule has 0 spiro atoms. The molecule has 1 unspecified atom stereocenters. The molecule has 1 aromatic carbocycles. The fourth-order valence-corrected chi connectivity index (χ4v) is 3.67. The predicted octanol–water partition coefficient (Wildman–Crippen LogP) is 2.69. The van der Waals surface area contributed by atoms with Crippen LogP contribution >= 0.6 is 0 Å². The van der Waals surface area contributed by atoms with Crippen LogP contribution < -0.4 is 9.47 Å². The summed E-state index contributed by atoms with van der Waals surface area (Å²) in [5.41, 5.74) is 0.186. The van der Waals surface area contributed by atoms with Crippen LogP contribution in [0, 0.1) is 5.92 Å². The van der Waals surface area contributed by atoms with Gasteiger partial charge in [-0.05, 0) is 37.0 Å². The zero-order valence-electron chi connectivity index (χ0n) is 15.4. The lowest BCUT2D eigenvalue weighted by atomic mass is 9.74. The van der Waals surface area contributed by atoms with E-state index in [0.29, 0.717) is 37.3 Å². The highest BCUT2D eigenvalue weighted by molar-refractivity contribution is 5.89. The number of benzene rings is 1. The van der Waals surface area contributed by atoms with Gasteiger partial charge < -0.3 is 19.5 Å². The maximum atomic E-state index is 13.3. The molecule has 1 aromatic rings. The normalized spacial score (nSPS) is 17.4. The van der Waals surface area contributed by atoms with Crippen molar-refractivity contribution in [1.82, 2.24) is 4.90 Å². The number of hydrogen-bond donors (Lipinski definition) is 1. The number of hydrogen-bond acceptors (Lipinski definition) is 4. The van der Waals surface area contributed by atoms with Crippen LogP contribution in [0.25, 0.3) is 0 Å². The van der Waals surface area contributed by atoms with E-state index in [1.165, 1.54) is 0 Å². The number of carbonyl (C=O) groups excluding carboxylic acids is 1. The van der Waals surface area contributed by atoms with Crippen LogP contribution in [0.5, 0.6) is 11.5 Å². The van der Waals surface area contributed by atoms with Crippen LogP contribution in [0.4, 0.5) is 0 Å². The summed E-state index contributed by atoms with van der Waals surface area (Å²) in [6.07, 6.45) is 1.77. The quantitative estimate of drug-likeness (QED) is 0.819. The van der Waals surface area contributed by atoms with Gasteiger partial charge in [-0.1, -0.05) is 19.9 Å². The maximum Gasteiger partial charge on any atom is 0.308 e. The lowest BCUT2D eigenvalue weighted by Gasteiger charge is -2.35. The average molecular weight is 349 g/mol. The third kappa shape index (κ3) is 3.43. The van der Waals surface area contributed by atoms with Gasteiger partial charge in [0.15, 0.2) is 11.5 Å². The Hall–Kier alpha value is -2.24. The van der Waals surface area contributed by atoms with E-state index in [1.54, 1.807) is 19.1 Å². The zero-order valence-corrected chi connectivity index (χ0v) is 15.4. The molecule has 1 N–H and O–H groups in total. The number of aliphatic carboxylic acids is 1. The second-order valence-electron chi connectivity index (χ2n) is 6.43. The largest absolute Gasteiger partial charge is 0.493 e. The third-order valence-electron chi connectivity index (χ3n) is 5.38. The molecular formula is C19H27NO5. The molecule has 1 fully saturated rings. The minimum absolute atomic E-state index is 0.00605.